The molecule has 3 saturated heterocycles. The van der Waals surface area contributed by atoms with Gasteiger partial charge in [-0.15, -0.1) is 0 Å². The van der Waals surface area contributed by atoms with E-state index in [-0.39, 0.29) is 0 Å². The Kier molecular flexibility index (Phi) is 7.38. The molecule has 0 radical (unpaired) electrons. The normalized spacial score (nSPS) is 29.8. The average molecular weight is 337 g/mol. The summed E-state index contributed by atoms with van der Waals surface area (Å²) in [6.07, 6.45) is 11.1. The van der Waals surface area contributed by atoms with Crippen molar-refractivity contribution in [2.24, 2.45) is 0 Å². The van der Waals surface area contributed by atoms with Crippen molar-refractivity contribution in [1.29, 1.82) is 0 Å². The standard InChI is InChI=1S/C20H40N4/c1-21-11-4-3-5-13-23(14-6-12-21)20-9-17-24(18-10-20)19-7-15-22(2)16-8-19/h19-20H,3-18H2,1-2H3. The Hall–Kier alpha value is -0.160. The second-order valence-electron chi connectivity index (χ2n) is 8.56. The minimum absolute atomic E-state index is 0.859. The molecule has 4 nitrogen and oxygen atoms in total. The van der Waals surface area contributed by atoms with E-state index in [9.17, 15) is 0 Å². The summed E-state index contributed by atoms with van der Waals surface area (Å²) in [5.41, 5.74) is 0. The fraction of sp³-hybridized carbons (Fsp3) is 1.00. The minimum atomic E-state index is 0.859. The lowest BCUT2D eigenvalue weighted by Crippen LogP contribution is -2.51. The Morgan fingerprint density at radius 2 is 0.917 bits per heavy atom. The molecule has 0 atom stereocenters. The third kappa shape index (κ3) is 5.42. The second kappa shape index (κ2) is 9.51. The van der Waals surface area contributed by atoms with E-state index in [1.807, 2.05) is 0 Å². The van der Waals surface area contributed by atoms with E-state index in [1.165, 1.54) is 104 Å². The molecule has 4 heteroatoms. The van der Waals surface area contributed by atoms with Crippen LogP contribution in [0.4, 0.5) is 0 Å². The molecule has 0 amide bonds. The predicted molar refractivity (Wildman–Crippen MR) is 103 cm³/mol. The van der Waals surface area contributed by atoms with Crippen LogP contribution in [0.15, 0.2) is 0 Å². The summed E-state index contributed by atoms with van der Waals surface area (Å²) >= 11 is 0. The van der Waals surface area contributed by atoms with Crippen LogP contribution in [0.2, 0.25) is 0 Å². The van der Waals surface area contributed by atoms with Crippen molar-refractivity contribution < 1.29 is 0 Å². The van der Waals surface area contributed by atoms with E-state index >= 15 is 0 Å². The number of hydrogen-bond donors (Lipinski definition) is 0. The Morgan fingerprint density at radius 3 is 1.62 bits per heavy atom. The molecule has 3 fully saturated rings. The minimum Gasteiger partial charge on any atom is -0.306 e. The molecule has 3 heterocycles. The van der Waals surface area contributed by atoms with Crippen molar-refractivity contribution in [1.82, 2.24) is 19.6 Å². The average Bonchev–Trinajstić information content (AvgIpc) is 2.61. The third-order valence-electron chi connectivity index (χ3n) is 6.69. The lowest BCUT2D eigenvalue weighted by atomic mass is 9.96. The van der Waals surface area contributed by atoms with Crippen molar-refractivity contribution in [3.8, 4) is 0 Å². The Labute approximate surface area is 150 Å². The zero-order chi connectivity index (χ0) is 16.8. The van der Waals surface area contributed by atoms with E-state index < -0.39 is 0 Å². The van der Waals surface area contributed by atoms with Gasteiger partial charge in [0.2, 0.25) is 0 Å². The van der Waals surface area contributed by atoms with Crippen LogP contribution >= 0.6 is 0 Å². The molecule has 0 N–H and O–H groups in total. The van der Waals surface area contributed by atoms with Gasteiger partial charge in [0, 0.05) is 12.1 Å². The summed E-state index contributed by atoms with van der Waals surface area (Å²) in [6.45, 7) is 10.5. The molecule has 0 spiro atoms. The van der Waals surface area contributed by atoms with E-state index in [4.69, 9.17) is 0 Å². The Bertz CT molecular complexity index is 346. The fourth-order valence-electron chi connectivity index (χ4n) is 4.98. The molecule has 140 valence electrons. The highest BCUT2D eigenvalue weighted by Crippen LogP contribution is 2.23. The first-order chi connectivity index (χ1) is 11.7. The first-order valence-electron chi connectivity index (χ1n) is 10.6. The quantitative estimate of drug-likeness (QED) is 0.767. The van der Waals surface area contributed by atoms with Crippen LogP contribution in [0.1, 0.15) is 51.4 Å². The molecule has 3 aliphatic heterocycles. The van der Waals surface area contributed by atoms with Crippen LogP contribution < -0.4 is 0 Å². The molecule has 0 aliphatic carbocycles. The van der Waals surface area contributed by atoms with Gasteiger partial charge in [-0.1, -0.05) is 6.42 Å². The van der Waals surface area contributed by atoms with E-state index in [0.29, 0.717) is 0 Å². The van der Waals surface area contributed by atoms with Crippen LogP contribution in [0.3, 0.4) is 0 Å². The van der Waals surface area contributed by atoms with Gasteiger partial charge in [-0.2, -0.15) is 0 Å². The zero-order valence-corrected chi connectivity index (χ0v) is 16.3. The van der Waals surface area contributed by atoms with Gasteiger partial charge >= 0.3 is 0 Å². The molecule has 0 saturated carbocycles. The van der Waals surface area contributed by atoms with Crippen molar-refractivity contribution in [2.45, 2.75) is 63.5 Å². The van der Waals surface area contributed by atoms with Crippen molar-refractivity contribution >= 4 is 0 Å². The largest absolute Gasteiger partial charge is 0.306 e. The molecular weight excluding hydrogens is 296 g/mol. The topological polar surface area (TPSA) is 13.0 Å². The summed E-state index contributed by atoms with van der Waals surface area (Å²) in [6, 6.07) is 1.73. The van der Waals surface area contributed by atoms with Gasteiger partial charge in [0.05, 0.1) is 0 Å². The molecule has 0 aromatic rings. The predicted octanol–water partition coefficient (Wildman–Crippen LogP) is 2.35. The van der Waals surface area contributed by atoms with Crippen molar-refractivity contribution in [3.63, 3.8) is 0 Å². The van der Waals surface area contributed by atoms with Crippen LogP contribution in [0.5, 0.6) is 0 Å². The van der Waals surface area contributed by atoms with Crippen molar-refractivity contribution in [2.75, 3.05) is 66.5 Å². The van der Waals surface area contributed by atoms with Crippen LogP contribution in [0.25, 0.3) is 0 Å². The monoisotopic (exact) mass is 336 g/mol. The number of rotatable bonds is 2. The maximum absolute atomic E-state index is 2.85. The SMILES string of the molecule is CN1CCCCCN(C2CCN(C3CCN(C)CC3)CC2)CCC1. The Balaban J connectivity index is 1.44. The maximum atomic E-state index is 2.85. The molecule has 0 aromatic heterocycles. The van der Waals surface area contributed by atoms with Crippen LogP contribution in [-0.2, 0) is 0 Å². The van der Waals surface area contributed by atoms with Gasteiger partial charge in [0.1, 0.15) is 0 Å². The number of likely N-dealkylation sites (tertiary alicyclic amines) is 2. The summed E-state index contributed by atoms with van der Waals surface area (Å²) in [4.78, 5) is 10.7. The molecule has 3 aliphatic rings. The second-order valence-corrected chi connectivity index (χ2v) is 8.56. The molecule has 0 aromatic carbocycles. The zero-order valence-electron chi connectivity index (χ0n) is 16.3. The van der Waals surface area contributed by atoms with Crippen LogP contribution in [0, 0.1) is 0 Å². The van der Waals surface area contributed by atoms with E-state index in [1.54, 1.807) is 0 Å². The highest BCUT2D eigenvalue weighted by Gasteiger charge is 2.29. The molecule has 0 bridgehead atoms. The summed E-state index contributed by atoms with van der Waals surface area (Å²) in [5, 5.41) is 0. The Morgan fingerprint density at radius 1 is 0.458 bits per heavy atom. The first-order valence-corrected chi connectivity index (χ1v) is 10.6. The molecule has 24 heavy (non-hydrogen) atoms. The smallest absolute Gasteiger partial charge is 0.0120 e. The summed E-state index contributed by atoms with van der Waals surface area (Å²) in [5.74, 6) is 0. The first kappa shape index (κ1) is 18.6. The van der Waals surface area contributed by atoms with Gasteiger partial charge in [0.25, 0.3) is 0 Å². The number of hydrogen-bond acceptors (Lipinski definition) is 4. The number of nitrogens with zero attached hydrogens (tertiary/aromatic N) is 4. The lowest BCUT2D eigenvalue weighted by molar-refractivity contribution is 0.0561. The fourth-order valence-corrected chi connectivity index (χ4v) is 4.98. The summed E-state index contributed by atoms with van der Waals surface area (Å²) < 4.78 is 0. The highest BCUT2D eigenvalue weighted by molar-refractivity contribution is 4.86. The van der Waals surface area contributed by atoms with Gasteiger partial charge in [-0.05, 0) is 111 Å². The third-order valence-corrected chi connectivity index (χ3v) is 6.69. The van der Waals surface area contributed by atoms with E-state index in [2.05, 4.69) is 33.7 Å². The lowest BCUT2D eigenvalue weighted by Gasteiger charge is -2.44. The van der Waals surface area contributed by atoms with Crippen LogP contribution in [-0.4, -0.2) is 98.1 Å². The van der Waals surface area contributed by atoms with Gasteiger partial charge in [-0.25, -0.2) is 0 Å². The van der Waals surface area contributed by atoms with Gasteiger partial charge in [0.15, 0.2) is 0 Å². The van der Waals surface area contributed by atoms with Gasteiger partial charge in [-0.3, -0.25) is 0 Å². The number of piperidine rings is 2. The molecular formula is C20H40N4. The maximum Gasteiger partial charge on any atom is 0.0120 e. The highest BCUT2D eigenvalue weighted by atomic mass is 15.2. The molecule has 0 unspecified atom stereocenters. The summed E-state index contributed by atoms with van der Waals surface area (Å²) in [7, 11) is 4.57. The van der Waals surface area contributed by atoms with Crippen molar-refractivity contribution in [3.05, 3.63) is 0 Å². The molecule has 3 rings (SSSR count). The van der Waals surface area contributed by atoms with Gasteiger partial charge < -0.3 is 19.6 Å². The van der Waals surface area contributed by atoms with E-state index in [0.717, 1.165) is 12.1 Å².